The summed E-state index contributed by atoms with van der Waals surface area (Å²) in [6.07, 6.45) is -1.47. The van der Waals surface area contributed by atoms with E-state index in [0.717, 1.165) is 0 Å². The third-order valence-electron chi connectivity index (χ3n) is 5.04. The lowest BCUT2D eigenvalue weighted by atomic mass is 9.65. The molecule has 0 radical (unpaired) electrons. The molecule has 0 amide bonds. The van der Waals surface area contributed by atoms with Gasteiger partial charge in [0.1, 0.15) is 11.7 Å². The van der Waals surface area contributed by atoms with Gasteiger partial charge in [0.25, 0.3) is 0 Å². The summed E-state index contributed by atoms with van der Waals surface area (Å²) in [7, 11) is -4.16. The first-order valence-electron chi connectivity index (χ1n) is 7.46. The first-order chi connectivity index (χ1) is 9.58. The number of aliphatic hydroxyl groups is 3. The second-order valence-electron chi connectivity index (χ2n) is 5.86. The molecule has 126 valence electrons. The topological polar surface area (TPSA) is 121 Å². The van der Waals surface area contributed by atoms with Crippen LogP contribution in [0.4, 0.5) is 0 Å². The van der Waals surface area contributed by atoms with E-state index in [-0.39, 0.29) is 25.7 Å². The van der Waals surface area contributed by atoms with Crippen LogP contribution in [-0.2, 0) is 4.57 Å². The Bertz CT molecular complexity index is 396. The lowest BCUT2D eigenvalue weighted by Gasteiger charge is -2.59. The van der Waals surface area contributed by atoms with Gasteiger partial charge in [-0.3, -0.25) is 9.46 Å². The summed E-state index contributed by atoms with van der Waals surface area (Å²) in [5, 5.41) is 31.3. The lowest BCUT2D eigenvalue weighted by molar-refractivity contribution is -0.240. The number of β-amino-alcohol motifs (C(OH)–C–C–N with tert-alkyl or cyclic N) is 1. The number of hydrogen-bond acceptors (Lipinski definition) is 5. The highest BCUT2D eigenvalue weighted by molar-refractivity contribution is 7.51. The summed E-state index contributed by atoms with van der Waals surface area (Å²) in [6.45, 7) is 5.64. The maximum Gasteiger partial charge on any atom is 0.326 e. The van der Waals surface area contributed by atoms with Crippen LogP contribution in [0.3, 0.4) is 0 Å². The summed E-state index contributed by atoms with van der Waals surface area (Å²) in [6, 6.07) is 0. The number of hydrogen-bond donors (Lipinski definition) is 5. The number of nitrogens with zero attached hydrogens (tertiary/aromatic N) is 1. The molecule has 5 N–H and O–H groups in total. The van der Waals surface area contributed by atoms with E-state index in [1.165, 1.54) is 0 Å². The number of likely N-dealkylation sites (tertiary alicyclic amines) is 1. The highest BCUT2D eigenvalue weighted by atomic mass is 31.2. The van der Waals surface area contributed by atoms with E-state index in [1.54, 1.807) is 11.8 Å². The summed E-state index contributed by atoms with van der Waals surface area (Å²) >= 11 is 0. The van der Waals surface area contributed by atoms with Crippen molar-refractivity contribution in [3.8, 4) is 0 Å². The normalized spacial score (nSPS) is 34.1. The van der Waals surface area contributed by atoms with Crippen molar-refractivity contribution in [3.63, 3.8) is 0 Å². The fourth-order valence-corrected chi connectivity index (χ4v) is 4.27. The quantitative estimate of drug-likeness (QED) is 0.432. The Morgan fingerprint density at radius 2 is 1.67 bits per heavy atom. The Kier molecular flexibility index (Phi) is 6.00. The van der Waals surface area contributed by atoms with Crippen molar-refractivity contribution in [2.45, 2.75) is 63.4 Å². The molecule has 1 fully saturated rings. The smallest absolute Gasteiger partial charge is 0.326 e. The van der Waals surface area contributed by atoms with E-state index in [4.69, 9.17) is 9.79 Å². The Balaban J connectivity index is 3.18. The molecule has 0 aromatic carbocycles. The Morgan fingerprint density at radius 1 is 1.14 bits per heavy atom. The molecular formula is C13H28NO6P. The van der Waals surface area contributed by atoms with Crippen LogP contribution in [0.5, 0.6) is 0 Å². The Labute approximate surface area is 125 Å². The summed E-state index contributed by atoms with van der Waals surface area (Å²) in [5.41, 5.74) is -2.32. The van der Waals surface area contributed by atoms with Crippen LogP contribution < -0.4 is 0 Å². The molecule has 0 unspecified atom stereocenters. The predicted molar refractivity (Wildman–Crippen MR) is 79.1 cm³/mol. The van der Waals surface area contributed by atoms with E-state index in [0.29, 0.717) is 12.8 Å². The largest absolute Gasteiger partial charge is 0.389 e. The second-order valence-corrected chi connectivity index (χ2v) is 7.64. The van der Waals surface area contributed by atoms with Gasteiger partial charge in [0.2, 0.25) is 0 Å². The van der Waals surface area contributed by atoms with Crippen molar-refractivity contribution in [1.82, 2.24) is 4.90 Å². The molecule has 1 saturated heterocycles. The zero-order valence-electron chi connectivity index (χ0n) is 12.9. The number of rotatable bonds is 6. The van der Waals surface area contributed by atoms with Crippen molar-refractivity contribution in [3.05, 3.63) is 0 Å². The van der Waals surface area contributed by atoms with Crippen LogP contribution in [0, 0.1) is 0 Å². The molecule has 1 heterocycles. The minimum absolute atomic E-state index is 0.0675. The molecule has 0 bridgehead atoms. The van der Waals surface area contributed by atoms with Crippen molar-refractivity contribution in [1.29, 1.82) is 0 Å². The molecule has 0 aromatic rings. The predicted octanol–water partition coefficient (Wildman–Crippen LogP) is -0.0986. The zero-order valence-corrected chi connectivity index (χ0v) is 13.8. The standard InChI is InChI=1S/C13H28NO6P/c1-4-12(5-2)13(17,6-3)11(16)10(15)9-14(12)7-8-21(18,19)20/h10-11,15-17H,4-9H2,1-3H3,(H2,18,19,20)/t10-,11-,13+/m1/s1. The first-order valence-corrected chi connectivity index (χ1v) is 9.25. The maximum atomic E-state index is 11.1. The molecule has 7 nitrogen and oxygen atoms in total. The molecular weight excluding hydrogens is 297 g/mol. The summed E-state index contributed by atoms with van der Waals surface area (Å²) in [5.74, 6) is 0. The molecule has 1 aliphatic heterocycles. The Hall–Kier alpha value is -0.0100. The second kappa shape index (κ2) is 6.62. The van der Waals surface area contributed by atoms with Gasteiger partial charge in [-0.25, -0.2) is 0 Å². The van der Waals surface area contributed by atoms with Gasteiger partial charge in [-0.15, -0.1) is 0 Å². The van der Waals surface area contributed by atoms with Gasteiger partial charge < -0.3 is 25.1 Å². The average Bonchev–Trinajstić information content (AvgIpc) is 2.42. The van der Waals surface area contributed by atoms with Gasteiger partial charge in [-0.05, 0) is 19.3 Å². The highest BCUT2D eigenvalue weighted by Gasteiger charge is 2.60. The van der Waals surface area contributed by atoms with Crippen LogP contribution in [0.15, 0.2) is 0 Å². The first kappa shape index (κ1) is 19.0. The molecule has 1 rings (SSSR count). The summed E-state index contributed by atoms with van der Waals surface area (Å²) < 4.78 is 11.1. The fourth-order valence-electron chi connectivity index (χ4n) is 3.77. The van der Waals surface area contributed by atoms with E-state index in [2.05, 4.69) is 0 Å². The minimum atomic E-state index is -4.16. The van der Waals surface area contributed by atoms with E-state index in [9.17, 15) is 19.9 Å². The SMILES string of the molecule is CCC1(CC)N(CCP(=O)(O)O)C[C@@H](O)[C@@H](O)[C@@]1(O)CC. The third kappa shape index (κ3) is 3.34. The van der Waals surface area contributed by atoms with Gasteiger partial charge >= 0.3 is 7.60 Å². The maximum absolute atomic E-state index is 11.1. The van der Waals surface area contributed by atoms with Crippen molar-refractivity contribution < 1.29 is 29.7 Å². The van der Waals surface area contributed by atoms with Crippen molar-refractivity contribution >= 4 is 7.60 Å². The Morgan fingerprint density at radius 3 is 2.05 bits per heavy atom. The monoisotopic (exact) mass is 325 g/mol. The van der Waals surface area contributed by atoms with E-state index >= 15 is 0 Å². The minimum Gasteiger partial charge on any atom is -0.389 e. The molecule has 0 saturated carbocycles. The van der Waals surface area contributed by atoms with Crippen LogP contribution in [0.1, 0.15) is 40.0 Å². The van der Waals surface area contributed by atoms with Crippen LogP contribution in [0.2, 0.25) is 0 Å². The van der Waals surface area contributed by atoms with Crippen LogP contribution in [0.25, 0.3) is 0 Å². The molecule has 0 aromatic heterocycles. The highest BCUT2D eigenvalue weighted by Crippen LogP contribution is 2.45. The van der Waals surface area contributed by atoms with Gasteiger partial charge in [0.15, 0.2) is 0 Å². The molecule has 21 heavy (non-hydrogen) atoms. The molecule has 3 atom stereocenters. The van der Waals surface area contributed by atoms with Gasteiger partial charge in [0.05, 0.1) is 17.8 Å². The van der Waals surface area contributed by atoms with Gasteiger partial charge in [-0.2, -0.15) is 0 Å². The molecule has 0 spiro atoms. The van der Waals surface area contributed by atoms with E-state index < -0.39 is 30.9 Å². The molecule has 8 heteroatoms. The average molecular weight is 325 g/mol. The number of piperidine rings is 1. The third-order valence-corrected chi connectivity index (χ3v) is 5.82. The van der Waals surface area contributed by atoms with Gasteiger partial charge in [0, 0.05) is 13.1 Å². The fraction of sp³-hybridized carbons (Fsp3) is 1.00. The van der Waals surface area contributed by atoms with Gasteiger partial charge in [-0.1, -0.05) is 20.8 Å². The van der Waals surface area contributed by atoms with E-state index in [1.807, 2.05) is 13.8 Å². The zero-order chi connectivity index (χ0) is 16.5. The van der Waals surface area contributed by atoms with Crippen LogP contribution >= 0.6 is 7.60 Å². The summed E-state index contributed by atoms with van der Waals surface area (Å²) in [4.78, 5) is 19.9. The van der Waals surface area contributed by atoms with Crippen molar-refractivity contribution in [2.24, 2.45) is 0 Å². The van der Waals surface area contributed by atoms with Crippen LogP contribution in [-0.4, -0.2) is 72.6 Å². The molecule has 1 aliphatic rings. The lowest BCUT2D eigenvalue weighted by Crippen LogP contribution is -2.76. The number of aliphatic hydroxyl groups excluding tert-OH is 2. The van der Waals surface area contributed by atoms with Crippen molar-refractivity contribution in [2.75, 3.05) is 19.3 Å². The molecule has 0 aliphatic carbocycles.